The second kappa shape index (κ2) is 8.35. The van der Waals surface area contributed by atoms with E-state index in [4.69, 9.17) is 21.1 Å². The molecular formula is C18H17ClFNO5S. The summed E-state index contributed by atoms with van der Waals surface area (Å²) in [5.41, 5.74) is 0.112. The monoisotopic (exact) mass is 413 g/mol. The Morgan fingerprint density at radius 3 is 2.59 bits per heavy atom. The Bertz CT molecular complexity index is 945. The molecule has 0 aliphatic carbocycles. The van der Waals surface area contributed by atoms with Gasteiger partial charge in [0.05, 0.1) is 28.7 Å². The lowest BCUT2D eigenvalue weighted by atomic mass is 10.2. The first kappa shape index (κ1) is 19.8. The van der Waals surface area contributed by atoms with Crippen molar-refractivity contribution < 1.29 is 27.1 Å². The van der Waals surface area contributed by atoms with Crippen LogP contribution < -0.4 is 0 Å². The van der Waals surface area contributed by atoms with E-state index in [0.717, 1.165) is 0 Å². The molecule has 0 N–H and O–H groups in total. The molecule has 144 valence electrons. The Morgan fingerprint density at radius 1 is 1.19 bits per heavy atom. The fourth-order valence-electron chi connectivity index (χ4n) is 2.59. The van der Waals surface area contributed by atoms with Crippen LogP contribution in [-0.2, 0) is 26.1 Å². The number of sulfonamides is 1. The molecular weight excluding hydrogens is 397 g/mol. The highest BCUT2D eigenvalue weighted by atomic mass is 35.5. The van der Waals surface area contributed by atoms with Crippen LogP contribution in [0.5, 0.6) is 0 Å². The average molecular weight is 414 g/mol. The molecule has 1 aliphatic heterocycles. The van der Waals surface area contributed by atoms with Crippen molar-refractivity contribution in [1.82, 2.24) is 4.31 Å². The summed E-state index contributed by atoms with van der Waals surface area (Å²) in [6.07, 6.45) is 0. The number of hydrogen-bond donors (Lipinski definition) is 0. The van der Waals surface area contributed by atoms with E-state index in [9.17, 15) is 17.6 Å². The lowest BCUT2D eigenvalue weighted by Gasteiger charge is -2.26. The van der Waals surface area contributed by atoms with E-state index in [0.29, 0.717) is 13.2 Å². The van der Waals surface area contributed by atoms with E-state index in [1.807, 2.05) is 0 Å². The molecule has 1 saturated heterocycles. The van der Waals surface area contributed by atoms with E-state index in [2.05, 4.69) is 0 Å². The number of hydrogen-bond acceptors (Lipinski definition) is 5. The van der Waals surface area contributed by atoms with E-state index in [-0.39, 0.29) is 40.7 Å². The summed E-state index contributed by atoms with van der Waals surface area (Å²) >= 11 is 6.04. The van der Waals surface area contributed by atoms with Gasteiger partial charge in [-0.3, -0.25) is 0 Å². The fraction of sp³-hybridized carbons (Fsp3) is 0.278. The van der Waals surface area contributed by atoms with Gasteiger partial charge < -0.3 is 9.47 Å². The summed E-state index contributed by atoms with van der Waals surface area (Å²) in [7, 11) is -3.78. The molecule has 1 aliphatic rings. The standard InChI is InChI=1S/C18H17ClFNO5S/c19-16-6-5-14(27(23,24)21-7-9-25-10-8-21)11-15(16)18(22)26-12-13-3-1-2-4-17(13)20/h1-6,11H,7-10,12H2. The molecule has 0 atom stereocenters. The highest BCUT2D eigenvalue weighted by Crippen LogP contribution is 2.24. The van der Waals surface area contributed by atoms with Gasteiger partial charge >= 0.3 is 5.97 Å². The zero-order valence-electron chi connectivity index (χ0n) is 14.2. The third kappa shape index (κ3) is 4.47. The van der Waals surface area contributed by atoms with Crippen LogP contribution >= 0.6 is 11.6 Å². The summed E-state index contributed by atoms with van der Waals surface area (Å²) in [5, 5.41) is 0.0504. The first-order valence-electron chi connectivity index (χ1n) is 8.17. The van der Waals surface area contributed by atoms with Crippen LogP contribution in [0.15, 0.2) is 47.4 Å². The molecule has 0 radical (unpaired) electrons. The number of rotatable bonds is 5. The first-order chi connectivity index (χ1) is 12.9. The Hall–Kier alpha value is -2.00. The number of morpholine rings is 1. The number of halogens is 2. The summed E-state index contributed by atoms with van der Waals surface area (Å²) in [6, 6.07) is 9.73. The van der Waals surface area contributed by atoms with Gasteiger partial charge in [0.1, 0.15) is 12.4 Å². The van der Waals surface area contributed by atoms with Crippen molar-refractivity contribution in [3.05, 3.63) is 64.4 Å². The van der Waals surface area contributed by atoms with Crippen molar-refractivity contribution in [1.29, 1.82) is 0 Å². The minimum Gasteiger partial charge on any atom is -0.457 e. The van der Waals surface area contributed by atoms with E-state index in [1.165, 1.54) is 40.7 Å². The Balaban J connectivity index is 1.80. The highest BCUT2D eigenvalue weighted by Gasteiger charge is 2.28. The number of nitrogens with zero attached hydrogens (tertiary/aromatic N) is 1. The van der Waals surface area contributed by atoms with Crippen molar-refractivity contribution in [2.45, 2.75) is 11.5 Å². The summed E-state index contributed by atoms with van der Waals surface area (Å²) in [4.78, 5) is 12.3. The van der Waals surface area contributed by atoms with Gasteiger partial charge in [-0.05, 0) is 24.3 Å². The Morgan fingerprint density at radius 2 is 1.89 bits per heavy atom. The number of esters is 1. The summed E-state index contributed by atoms with van der Waals surface area (Å²) in [5.74, 6) is -1.33. The van der Waals surface area contributed by atoms with E-state index in [1.54, 1.807) is 6.07 Å². The minimum atomic E-state index is -3.78. The third-order valence-electron chi connectivity index (χ3n) is 4.08. The van der Waals surface area contributed by atoms with Crippen LogP contribution in [-0.4, -0.2) is 45.0 Å². The van der Waals surface area contributed by atoms with E-state index >= 15 is 0 Å². The van der Waals surface area contributed by atoms with Crippen molar-refractivity contribution in [2.75, 3.05) is 26.3 Å². The molecule has 0 saturated carbocycles. The van der Waals surface area contributed by atoms with Gasteiger partial charge in [0.2, 0.25) is 10.0 Å². The minimum absolute atomic E-state index is 0.0504. The van der Waals surface area contributed by atoms with Crippen LogP contribution in [0.25, 0.3) is 0 Å². The normalized spacial score (nSPS) is 15.5. The lowest BCUT2D eigenvalue weighted by Crippen LogP contribution is -2.40. The molecule has 2 aromatic carbocycles. The SMILES string of the molecule is O=C(OCc1ccccc1F)c1cc(S(=O)(=O)N2CCOCC2)ccc1Cl. The largest absolute Gasteiger partial charge is 0.457 e. The maximum atomic E-state index is 13.6. The number of carbonyl (C=O) groups is 1. The van der Waals surface area contributed by atoms with Crippen molar-refractivity contribution >= 4 is 27.6 Å². The van der Waals surface area contributed by atoms with E-state index < -0.39 is 21.8 Å². The second-order valence-electron chi connectivity index (χ2n) is 5.83. The van der Waals surface area contributed by atoms with Gasteiger partial charge in [-0.1, -0.05) is 29.8 Å². The van der Waals surface area contributed by atoms with Gasteiger partial charge in [0.15, 0.2) is 0 Å². The predicted octanol–water partition coefficient (Wildman–Crippen LogP) is 2.86. The van der Waals surface area contributed by atoms with Gasteiger partial charge in [-0.25, -0.2) is 17.6 Å². The summed E-state index contributed by atoms with van der Waals surface area (Å²) in [6.45, 7) is 0.799. The number of ether oxygens (including phenoxy) is 2. The second-order valence-corrected chi connectivity index (χ2v) is 8.17. The molecule has 1 heterocycles. The summed E-state index contributed by atoms with van der Waals surface area (Å²) < 4.78 is 50.6. The highest BCUT2D eigenvalue weighted by molar-refractivity contribution is 7.89. The molecule has 3 rings (SSSR count). The van der Waals surface area contributed by atoms with Crippen LogP contribution in [0.1, 0.15) is 15.9 Å². The van der Waals surface area contributed by atoms with Crippen molar-refractivity contribution in [2.24, 2.45) is 0 Å². The maximum Gasteiger partial charge on any atom is 0.340 e. The van der Waals surface area contributed by atoms with Gasteiger partial charge in [-0.2, -0.15) is 4.31 Å². The number of carbonyl (C=O) groups excluding carboxylic acids is 1. The van der Waals surface area contributed by atoms with Crippen molar-refractivity contribution in [3.63, 3.8) is 0 Å². The average Bonchev–Trinajstić information content (AvgIpc) is 2.68. The molecule has 0 amide bonds. The van der Waals surface area contributed by atoms with Gasteiger partial charge in [0, 0.05) is 18.7 Å². The topological polar surface area (TPSA) is 72.9 Å². The number of benzene rings is 2. The molecule has 9 heteroatoms. The fourth-order valence-corrected chi connectivity index (χ4v) is 4.22. The van der Waals surface area contributed by atoms with Crippen LogP contribution in [0, 0.1) is 5.82 Å². The molecule has 0 bridgehead atoms. The maximum absolute atomic E-state index is 13.6. The quantitative estimate of drug-likeness (QED) is 0.705. The molecule has 0 aromatic heterocycles. The lowest BCUT2D eigenvalue weighted by molar-refractivity contribution is 0.0469. The Kier molecular flexibility index (Phi) is 6.11. The molecule has 0 unspecified atom stereocenters. The zero-order valence-corrected chi connectivity index (χ0v) is 15.8. The predicted molar refractivity (Wildman–Crippen MR) is 96.5 cm³/mol. The first-order valence-corrected chi connectivity index (χ1v) is 9.99. The van der Waals surface area contributed by atoms with Crippen LogP contribution in [0.3, 0.4) is 0 Å². The van der Waals surface area contributed by atoms with Gasteiger partial charge in [0.25, 0.3) is 0 Å². The zero-order chi connectivity index (χ0) is 19.4. The molecule has 1 fully saturated rings. The molecule has 0 spiro atoms. The van der Waals surface area contributed by atoms with Crippen LogP contribution in [0.2, 0.25) is 5.02 Å². The Labute approximate surface area is 161 Å². The van der Waals surface area contributed by atoms with Gasteiger partial charge in [-0.15, -0.1) is 0 Å². The molecule has 2 aromatic rings. The van der Waals surface area contributed by atoms with Crippen molar-refractivity contribution in [3.8, 4) is 0 Å². The molecule has 6 nitrogen and oxygen atoms in total. The third-order valence-corrected chi connectivity index (χ3v) is 6.31. The van der Waals surface area contributed by atoms with Crippen LogP contribution in [0.4, 0.5) is 4.39 Å². The molecule has 27 heavy (non-hydrogen) atoms. The smallest absolute Gasteiger partial charge is 0.340 e.